The molecular formula is C11H13ClN4. The molecule has 2 heterocycles. The zero-order chi connectivity index (χ0) is 11.5. The molecule has 0 radical (unpaired) electrons. The summed E-state index contributed by atoms with van der Waals surface area (Å²) in [5.41, 5.74) is 1.85. The summed E-state index contributed by atoms with van der Waals surface area (Å²) in [5.74, 6) is 0. The molecule has 1 unspecified atom stereocenters. The normalized spacial score (nSPS) is 12.7. The van der Waals surface area contributed by atoms with Gasteiger partial charge in [0.25, 0.3) is 0 Å². The van der Waals surface area contributed by atoms with E-state index in [1.165, 1.54) is 0 Å². The van der Waals surface area contributed by atoms with E-state index in [9.17, 15) is 0 Å². The largest absolute Gasteiger partial charge is 0.307 e. The van der Waals surface area contributed by atoms with E-state index < -0.39 is 0 Å². The van der Waals surface area contributed by atoms with Crippen molar-refractivity contribution in [1.29, 1.82) is 0 Å². The van der Waals surface area contributed by atoms with Gasteiger partial charge >= 0.3 is 0 Å². The molecule has 0 spiro atoms. The van der Waals surface area contributed by atoms with Gasteiger partial charge in [0.2, 0.25) is 0 Å². The van der Waals surface area contributed by atoms with Crippen molar-refractivity contribution in [2.24, 2.45) is 7.05 Å². The van der Waals surface area contributed by atoms with E-state index in [1.807, 2.05) is 38.5 Å². The van der Waals surface area contributed by atoms with Crippen molar-refractivity contribution in [3.63, 3.8) is 0 Å². The van der Waals surface area contributed by atoms with Crippen molar-refractivity contribution in [2.45, 2.75) is 6.04 Å². The number of hydrogen-bond acceptors (Lipinski definition) is 3. The zero-order valence-corrected chi connectivity index (χ0v) is 9.94. The van der Waals surface area contributed by atoms with E-state index in [0.717, 1.165) is 11.4 Å². The van der Waals surface area contributed by atoms with Gasteiger partial charge in [-0.3, -0.25) is 9.67 Å². The number of rotatable bonds is 3. The monoisotopic (exact) mass is 236 g/mol. The Morgan fingerprint density at radius 2 is 2.12 bits per heavy atom. The Morgan fingerprint density at radius 3 is 2.62 bits per heavy atom. The quantitative estimate of drug-likeness (QED) is 0.884. The lowest BCUT2D eigenvalue weighted by Crippen LogP contribution is -2.19. The summed E-state index contributed by atoms with van der Waals surface area (Å²) >= 11 is 5.81. The third kappa shape index (κ3) is 2.23. The molecule has 2 aromatic rings. The van der Waals surface area contributed by atoms with E-state index in [2.05, 4.69) is 15.4 Å². The SMILES string of the molecule is CNC(c1ccc(Cl)cn1)c1ccn(C)n1. The first-order valence-electron chi connectivity index (χ1n) is 4.99. The maximum Gasteiger partial charge on any atom is 0.0941 e. The fourth-order valence-corrected chi connectivity index (χ4v) is 1.70. The summed E-state index contributed by atoms with van der Waals surface area (Å²) in [4.78, 5) is 4.29. The second-order valence-electron chi connectivity index (χ2n) is 3.54. The average Bonchev–Trinajstić information content (AvgIpc) is 2.69. The van der Waals surface area contributed by atoms with Crippen LogP contribution in [0.5, 0.6) is 0 Å². The van der Waals surface area contributed by atoms with Gasteiger partial charge in [-0.2, -0.15) is 5.10 Å². The summed E-state index contributed by atoms with van der Waals surface area (Å²) in [6.07, 6.45) is 3.56. The van der Waals surface area contributed by atoms with Crippen molar-refractivity contribution < 1.29 is 0 Å². The molecule has 2 aromatic heterocycles. The first kappa shape index (κ1) is 11.1. The second-order valence-corrected chi connectivity index (χ2v) is 3.97. The molecule has 0 bridgehead atoms. The maximum absolute atomic E-state index is 5.81. The number of pyridine rings is 1. The van der Waals surface area contributed by atoms with Crippen LogP contribution in [0.25, 0.3) is 0 Å². The zero-order valence-electron chi connectivity index (χ0n) is 9.18. The van der Waals surface area contributed by atoms with Crippen LogP contribution in [0, 0.1) is 0 Å². The Bertz CT molecular complexity index is 463. The summed E-state index contributed by atoms with van der Waals surface area (Å²) < 4.78 is 1.77. The molecule has 0 aliphatic rings. The van der Waals surface area contributed by atoms with Crippen LogP contribution in [0.1, 0.15) is 17.4 Å². The summed E-state index contributed by atoms with van der Waals surface area (Å²) in [6.45, 7) is 0. The molecule has 4 nitrogen and oxygen atoms in total. The van der Waals surface area contributed by atoms with Crippen molar-refractivity contribution >= 4 is 11.6 Å². The first-order valence-corrected chi connectivity index (χ1v) is 5.37. The van der Waals surface area contributed by atoms with E-state index in [1.54, 1.807) is 10.9 Å². The topological polar surface area (TPSA) is 42.7 Å². The molecule has 0 amide bonds. The van der Waals surface area contributed by atoms with Crippen LogP contribution in [-0.4, -0.2) is 21.8 Å². The van der Waals surface area contributed by atoms with Crippen LogP contribution in [0.4, 0.5) is 0 Å². The van der Waals surface area contributed by atoms with Crippen molar-refractivity contribution in [1.82, 2.24) is 20.1 Å². The minimum absolute atomic E-state index is 0.00142. The van der Waals surface area contributed by atoms with Gasteiger partial charge in [-0.25, -0.2) is 0 Å². The predicted octanol–water partition coefficient (Wildman–Crippen LogP) is 1.78. The van der Waals surface area contributed by atoms with Crippen LogP contribution in [0.15, 0.2) is 30.6 Å². The molecule has 0 saturated carbocycles. The number of halogens is 1. The van der Waals surface area contributed by atoms with Crippen molar-refractivity contribution in [3.05, 3.63) is 47.0 Å². The molecule has 1 N–H and O–H groups in total. The Morgan fingerprint density at radius 1 is 1.31 bits per heavy atom. The van der Waals surface area contributed by atoms with Gasteiger partial charge < -0.3 is 5.32 Å². The number of nitrogens with one attached hydrogen (secondary N) is 1. The smallest absolute Gasteiger partial charge is 0.0941 e. The Hall–Kier alpha value is -1.39. The Labute approximate surface area is 99.3 Å². The standard InChI is InChI=1S/C11H13ClN4/c1-13-11(10-5-6-16(2)15-10)9-4-3-8(12)7-14-9/h3-7,11,13H,1-2H3. The van der Waals surface area contributed by atoms with Gasteiger partial charge in [-0.15, -0.1) is 0 Å². The van der Waals surface area contributed by atoms with E-state index >= 15 is 0 Å². The number of aryl methyl sites for hydroxylation is 1. The molecule has 0 fully saturated rings. The third-order valence-electron chi connectivity index (χ3n) is 2.36. The minimum atomic E-state index is -0.00142. The maximum atomic E-state index is 5.81. The van der Waals surface area contributed by atoms with Crippen LogP contribution in [-0.2, 0) is 7.05 Å². The van der Waals surface area contributed by atoms with Gasteiger partial charge in [0.05, 0.1) is 22.5 Å². The first-order chi connectivity index (χ1) is 7.70. The third-order valence-corrected chi connectivity index (χ3v) is 2.59. The van der Waals surface area contributed by atoms with Gasteiger partial charge in [0.15, 0.2) is 0 Å². The molecule has 84 valence electrons. The molecule has 0 aliphatic carbocycles. The molecule has 2 rings (SSSR count). The molecule has 1 atom stereocenters. The Kier molecular flexibility index (Phi) is 3.22. The molecular weight excluding hydrogens is 224 g/mol. The number of nitrogens with zero attached hydrogens (tertiary/aromatic N) is 3. The fourth-order valence-electron chi connectivity index (χ4n) is 1.59. The highest BCUT2D eigenvalue weighted by atomic mass is 35.5. The molecule has 0 aliphatic heterocycles. The number of aromatic nitrogens is 3. The lowest BCUT2D eigenvalue weighted by molar-refractivity contribution is 0.628. The molecule has 16 heavy (non-hydrogen) atoms. The average molecular weight is 237 g/mol. The van der Waals surface area contributed by atoms with Crippen LogP contribution < -0.4 is 5.32 Å². The number of hydrogen-bond donors (Lipinski definition) is 1. The molecule has 0 saturated heterocycles. The summed E-state index contributed by atoms with van der Waals surface area (Å²) in [5, 5.41) is 8.19. The summed E-state index contributed by atoms with van der Waals surface area (Å²) in [6, 6.07) is 5.70. The highest BCUT2D eigenvalue weighted by Crippen LogP contribution is 2.19. The lowest BCUT2D eigenvalue weighted by atomic mass is 10.1. The lowest BCUT2D eigenvalue weighted by Gasteiger charge is -2.12. The predicted molar refractivity (Wildman–Crippen MR) is 63.4 cm³/mol. The fraction of sp³-hybridized carbons (Fsp3) is 0.273. The molecule has 0 aromatic carbocycles. The van der Waals surface area contributed by atoms with E-state index in [0.29, 0.717) is 5.02 Å². The van der Waals surface area contributed by atoms with E-state index in [4.69, 9.17) is 11.6 Å². The van der Waals surface area contributed by atoms with Crippen LogP contribution in [0.3, 0.4) is 0 Å². The van der Waals surface area contributed by atoms with Gasteiger partial charge in [0, 0.05) is 19.4 Å². The van der Waals surface area contributed by atoms with E-state index in [-0.39, 0.29) is 6.04 Å². The Balaban J connectivity index is 2.32. The summed E-state index contributed by atoms with van der Waals surface area (Å²) in [7, 11) is 3.78. The van der Waals surface area contributed by atoms with Gasteiger partial charge in [0.1, 0.15) is 0 Å². The van der Waals surface area contributed by atoms with Gasteiger partial charge in [-0.1, -0.05) is 11.6 Å². The minimum Gasteiger partial charge on any atom is -0.307 e. The molecule has 5 heteroatoms. The van der Waals surface area contributed by atoms with Crippen LogP contribution in [0.2, 0.25) is 5.02 Å². The van der Waals surface area contributed by atoms with Crippen molar-refractivity contribution in [3.8, 4) is 0 Å². The highest BCUT2D eigenvalue weighted by Gasteiger charge is 2.15. The van der Waals surface area contributed by atoms with Gasteiger partial charge in [-0.05, 0) is 25.2 Å². The van der Waals surface area contributed by atoms with Crippen LogP contribution >= 0.6 is 11.6 Å². The second kappa shape index (κ2) is 4.63. The van der Waals surface area contributed by atoms with Crippen molar-refractivity contribution in [2.75, 3.05) is 7.05 Å². The highest BCUT2D eigenvalue weighted by molar-refractivity contribution is 6.30.